The number of Topliss-reactive ketones (excluding diaryl/α,β-unsaturated/α-hetero) is 3. The zero-order valence-corrected chi connectivity index (χ0v) is 19.2. The van der Waals surface area contributed by atoms with Gasteiger partial charge in [0.25, 0.3) is 0 Å². The molecule has 0 amide bonds. The Balaban J connectivity index is 1.76. The second kappa shape index (κ2) is 6.79. The van der Waals surface area contributed by atoms with E-state index in [1.54, 1.807) is 19.9 Å². The van der Waals surface area contributed by atoms with E-state index in [9.17, 15) is 34.8 Å². The van der Waals surface area contributed by atoms with Crippen molar-refractivity contribution in [3.63, 3.8) is 0 Å². The van der Waals surface area contributed by atoms with E-state index in [-0.39, 0.29) is 36.1 Å². The van der Waals surface area contributed by atoms with Crippen molar-refractivity contribution in [1.29, 1.82) is 0 Å². The lowest BCUT2D eigenvalue weighted by atomic mass is 9.48. The number of aliphatic hydroxyl groups is 3. The van der Waals surface area contributed by atoms with Crippen molar-refractivity contribution >= 4 is 22.9 Å². The maximum atomic E-state index is 13.8. The Kier molecular flexibility index (Phi) is 4.46. The van der Waals surface area contributed by atoms with Gasteiger partial charge in [0, 0.05) is 22.8 Å². The van der Waals surface area contributed by atoms with Crippen LogP contribution in [-0.4, -0.2) is 43.4 Å². The zero-order valence-electron chi connectivity index (χ0n) is 19.2. The number of carbonyl (C=O) groups is 3. The second-order valence-electron chi connectivity index (χ2n) is 10.4. The molecule has 4 N–H and O–H groups in total. The molecular weight excluding hydrogens is 436 g/mol. The largest absolute Gasteiger partial charge is 0.511 e. The molecule has 0 aromatic heterocycles. The average Bonchev–Trinajstić information content (AvgIpc) is 3.24. The number of carbonyl (C=O) groups excluding carboxylic acids is 3. The van der Waals surface area contributed by atoms with E-state index in [1.807, 2.05) is 18.2 Å². The van der Waals surface area contributed by atoms with Gasteiger partial charge in [0.1, 0.15) is 22.8 Å². The van der Waals surface area contributed by atoms with Crippen molar-refractivity contribution in [2.75, 3.05) is 0 Å². The van der Waals surface area contributed by atoms with Crippen LogP contribution >= 0.6 is 0 Å². The molecule has 0 fully saturated rings. The molecule has 7 heteroatoms. The molecule has 0 radical (unpaired) electrons. The van der Waals surface area contributed by atoms with Crippen LogP contribution in [0.5, 0.6) is 5.75 Å². The Morgan fingerprint density at radius 3 is 2.38 bits per heavy atom. The molecule has 0 spiro atoms. The van der Waals surface area contributed by atoms with E-state index in [1.165, 1.54) is 6.07 Å². The molecule has 34 heavy (non-hydrogen) atoms. The summed E-state index contributed by atoms with van der Waals surface area (Å²) >= 11 is 0. The highest BCUT2D eigenvalue weighted by atomic mass is 16.3. The first kappa shape index (κ1) is 22.3. The first-order valence-corrected chi connectivity index (χ1v) is 11.3. The van der Waals surface area contributed by atoms with Gasteiger partial charge >= 0.3 is 0 Å². The Labute approximate surface area is 196 Å². The van der Waals surface area contributed by atoms with Crippen LogP contribution in [0.2, 0.25) is 0 Å². The molecule has 4 aliphatic rings. The topological polar surface area (TPSA) is 132 Å². The number of aliphatic hydroxyl groups excluding tert-OH is 2. The molecule has 4 aliphatic carbocycles. The summed E-state index contributed by atoms with van der Waals surface area (Å²) in [5.41, 5.74) is -3.07. The zero-order chi connectivity index (χ0) is 24.8. The van der Waals surface area contributed by atoms with Crippen molar-refractivity contribution < 1.29 is 34.8 Å². The number of phenolic OH excluding ortho intramolecular Hbond substituents is 1. The summed E-state index contributed by atoms with van der Waals surface area (Å²) in [5.74, 6) is -3.97. The van der Waals surface area contributed by atoms with Crippen LogP contribution in [0.1, 0.15) is 61.5 Å². The third-order valence-corrected chi connectivity index (χ3v) is 8.02. The Bertz CT molecular complexity index is 1340. The monoisotopic (exact) mass is 462 g/mol. The van der Waals surface area contributed by atoms with Gasteiger partial charge in [-0.05, 0) is 49.0 Å². The third-order valence-electron chi connectivity index (χ3n) is 8.02. The normalized spacial score (nSPS) is 32.4. The van der Waals surface area contributed by atoms with E-state index >= 15 is 0 Å². The maximum Gasteiger partial charge on any atom is 0.209 e. The fourth-order valence-corrected chi connectivity index (χ4v) is 6.60. The summed E-state index contributed by atoms with van der Waals surface area (Å²) in [5, 5.41) is 44.2. The number of hydrogen-bond donors (Lipinski definition) is 4. The molecule has 0 aliphatic heterocycles. The second-order valence-corrected chi connectivity index (χ2v) is 10.4. The lowest BCUT2D eigenvalue weighted by Crippen LogP contribution is -2.63. The molecule has 0 saturated heterocycles. The number of fused-ring (bicyclic) bond motifs is 3. The Morgan fingerprint density at radius 2 is 1.76 bits per heavy atom. The summed E-state index contributed by atoms with van der Waals surface area (Å²) in [7, 11) is 0. The first-order chi connectivity index (χ1) is 15.9. The van der Waals surface area contributed by atoms with Crippen LogP contribution < -0.4 is 0 Å². The molecule has 1 aromatic carbocycles. The molecule has 0 unspecified atom stereocenters. The SMILES string of the molecule is CC(=O)C1=C(O)C[C@@]2(C)C[C@@]3(C)Cc4c(C5=CC=CC5)ccc(O)c4C(=O)C3=C(O)[C@]2(O)C1=O. The maximum absolute atomic E-state index is 13.8. The average molecular weight is 462 g/mol. The summed E-state index contributed by atoms with van der Waals surface area (Å²) < 4.78 is 0. The van der Waals surface area contributed by atoms with Crippen molar-refractivity contribution in [2.24, 2.45) is 10.8 Å². The summed E-state index contributed by atoms with van der Waals surface area (Å²) in [6.07, 6.45) is 6.72. The van der Waals surface area contributed by atoms with Gasteiger partial charge in [0.15, 0.2) is 17.2 Å². The predicted molar refractivity (Wildman–Crippen MR) is 123 cm³/mol. The highest BCUT2D eigenvalue weighted by molar-refractivity contribution is 6.25. The minimum absolute atomic E-state index is 0.0463. The minimum Gasteiger partial charge on any atom is -0.511 e. The van der Waals surface area contributed by atoms with Crippen LogP contribution in [0.15, 0.2) is 53.0 Å². The van der Waals surface area contributed by atoms with E-state index in [4.69, 9.17) is 0 Å². The van der Waals surface area contributed by atoms with Gasteiger partial charge in [-0.3, -0.25) is 14.4 Å². The van der Waals surface area contributed by atoms with Gasteiger partial charge in [0.05, 0.1) is 5.56 Å². The van der Waals surface area contributed by atoms with Crippen LogP contribution in [0.25, 0.3) is 5.57 Å². The van der Waals surface area contributed by atoms with Crippen molar-refractivity contribution in [3.05, 3.63) is 69.7 Å². The van der Waals surface area contributed by atoms with E-state index in [0.29, 0.717) is 12.0 Å². The summed E-state index contributed by atoms with van der Waals surface area (Å²) in [6.45, 7) is 4.45. The fraction of sp³-hybridized carbons (Fsp3) is 0.370. The smallest absolute Gasteiger partial charge is 0.209 e. The van der Waals surface area contributed by atoms with Gasteiger partial charge in [-0.15, -0.1) is 0 Å². The fourth-order valence-electron chi connectivity index (χ4n) is 6.60. The molecule has 0 saturated carbocycles. The third kappa shape index (κ3) is 2.59. The Hall–Kier alpha value is -3.45. The molecule has 176 valence electrons. The highest BCUT2D eigenvalue weighted by Gasteiger charge is 2.67. The van der Waals surface area contributed by atoms with Crippen LogP contribution in [0.4, 0.5) is 0 Å². The van der Waals surface area contributed by atoms with Crippen molar-refractivity contribution in [2.45, 2.75) is 52.1 Å². The van der Waals surface area contributed by atoms with Crippen LogP contribution in [-0.2, 0) is 16.0 Å². The number of phenols is 1. The minimum atomic E-state index is -2.55. The van der Waals surface area contributed by atoms with Crippen molar-refractivity contribution in [3.8, 4) is 5.75 Å². The number of rotatable bonds is 2. The molecule has 0 heterocycles. The number of aromatic hydroxyl groups is 1. The molecule has 0 bridgehead atoms. The first-order valence-electron chi connectivity index (χ1n) is 11.3. The molecule has 3 atom stereocenters. The summed E-state index contributed by atoms with van der Waals surface area (Å²) in [6, 6.07) is 3.21. The van der Waals surface area contributed by atoms with Gasteiger partial charge in [-0.25, -0.2) is 0 Å². The predicted octanol–water partition coefficient (Wildman–Crippen LogP) is 3.81. The van der Waals surface area contributed by atoms with Crippen LogP contribution in [0.3, 0.4) is 0 Å². The highest BCUT2D eigenvalue weighted by Crippen LogP contribution is 2.62. The standard InChI is InChI=1S/C27H26O7/c1-13(28)19-18(30)11-26(3)12-25(2)10-16-15(14-6-4-5-7-14)8-9-17(29)20(16)22(31)21(25)24(33)27(26,34)23(19)32/h4-6,8-9,29-30,33-34H,7,10-12H2,1-3H3/t25-,26+,27-/m1/s1. The van der Waals surface area contributed by atoms with Gasteiger partial charge in [0.2, 0.25) is 5.78 Å². The number of ketones is 3. The van der Waals surface area contributed by atoms with Gasteiger partial charge in [-0.2, -0.15) is 0 Å². The van der Waals surface area contributed by atoms with E-state index < -0.39 is 50.9 Å². The molecule has 5 rings (SSSR count). The summed E-state index contributed by atoms with van der Waals surface area (Å²) in [4.78, 5) is 39.2. The lowest BCUT2D eigenvalue weighted by molar-refractivity contribution is -0.158. The number of allylic oxidation sites excluding steroid dienone is 6. The quantitative estimate of drug-likeness (QED) is 0.491. The Morgan fingerprint density at radius 1 is 1.06 bits per heavy atom. The molecule has 1 aromatic rings. The number of benzene rings is 1. The van der Waals surface area contributed by atoms with Gasteiger partial charge < -0.3 is 20.4 Å². The molecule has 7 nitrogen and oxygen atoms in total. The van der Waals surface area contributed by atoms with Crippen molar-refractivity contribution in [1.82, 2.24) is 0 Å². The van der Waals surface area contributed by atoms with E-state index in [0.717, 1.165) is 18.1 Å². The van der Waals surface area contributed by atoms with Crippen LogP contribution in [0, 0.1) is 10.8 Å². The number of hydrogen-bond acceptors (Lipinski definition) is 7. The van der Waals surface area contributed by atoms with E-state index in [2.05, 4.69) is 0 Å². The van der Waals surface area contributed by atoms with Gasteiger partial charge in [-0.1, -0.05) is 38.1 Å². The molecular formula is C27H26O7. The lowest BCUT2D eigenvalue weighted by Gasteiger charge is -2.56.